The fraction of sp³-hybridized carbons (Fsp3) is 0.462. The fourth-order valence-electron chi connectivity index (χ4n) is 3.82. The predicted octanol–water partition coefficient (Wildman–Crippen LogP) is 5.01. The van der Waals surface area contributed by atoms with Gasteiger partial charge in [0, 0.05) is 13.1 Å². The van der Waals surface area contributed by atoms with Crippen LogP contribution in [0.4, 0.5) is 18.9 Å². The highest BCUT2D eigenvalue weighted by Gasteiger charge is 2.35. The Morgan fingerprint density at radius 2 is 1.76 bits per heavy atom. The van der Waals surface area contributed by atoms with Crippen molar-refractivity contribution in [2.75, 3.05) is 23.7 Å². The minimum Gasteiger partial charge on any atom is -0.354 e. The van der Waals surface area contributed by atoms with Gasteiger partial charge in [-0.1, -0.05) is 62.2 Å². The van der Waals surface area contributed by atoms with Crippen molar-refractivity contribution in [3.63, 3.8) is 0 Å². The van der Waals surface area contributed by atoms with Crippen LogP contribution < -0.4 is 9.62 Å². The molecule has 0 fully saturated rings. The molecule has 7 nitrogen and oxygen atoms in total. The first kappa shape index (κ1) is 31.4. The van der Waals surface area contributed by atoms with Gasteiger partial charge in [-0.3, -0.25) is 13.9 Å². The molecule has 0 saturated heterocycles. The summed E-state index contributed by atoms with van der Waals surface area (Å²) in [5, 5.41) is 2.53. The van der Waals surface area contributed by atoms with E-state index in [9.17, 15) is 31.2 Å². The molecule has 2 aromatic carbocycles. The van der Waals surface area contributed by atoms with Crippen LogP contribution >= 0.6 is 11.6 Å². The fourth-order valence-corrected chi connectivity index (χ4v) is 4.95. The summed E-state index contributed by atoms with van der Waals surface area (Å²) in [5.74, 6) is -1.02. The quantitative estimate of drug-likeness (QED) is 0.408. The highest BCUT2D eigenvalue weighted by molar-refractivity contribution is 7.92. The molecule has 0 radical (unpaired) electrons. The van der Waals surface area contributed by atoms with Crippen LogP contribution in [0.1, 0.15) is 43.9 Å². The van der Waals surface area contributed by atoms with Crippen molar-refractivity contribution in [2.45, 2.75) is 52.9 Å². The van der Waals surface area contributed by atoms with E-state index in [1.807, 2.05) is 32.9 Å². The lowest BCUT2D eigenvalue weighted by atomic mass is 10.1. The van der Waals surface area contributed by atoms with E-state index in [0.717, 1.165) is 24.0 Å². The van der Waals surface area contributed by atoms with Crippen molar-refractivity contribution in [1.29, 1.82) is 0 Å². The summed E-state index contributed by atoms with van der Waals surface area (Å²) in [5.41, 5.74) is 0.0245. The smallest absolute Gasteiger partial charge is 0.354 e. The lowest BCUT2D eigenvalue weighted by Crippen LogP contribution is -2.52. The zero-order valence-electron chi connectivity index (χ0n) is 22.0. The Labute approximate surface area is 227 Å². The number of sulfonamides is 1. The normalized spacial score (nSPS) is 12.8. The van der Waals surface area contributed by atoms with Crippen LogP contribution in [-0.2, 0) is 32.3 Å². The van der Waals surface area contributed by atoms with Crippen LogP contribution in [0.15, 0.2) is 42.5 Å². The molecule has 0 spiro atoms. The van der Waals surface area contributed by atoms with E-state index in [4.69, 9.17) is 11.6 Å². The molecule has 210 valence electrons. The first-order chi connectivity index (χ1) is 17.5. The summed E-state index contributed by atoms with van der Waals surface area (Å²) < 4.78 is 66.0. The second-order valence-electron chi connectivity index (χ2n) is 9.51. The van der Waals surface area contributed by atoms with Gasteiger partial charge in [0.05, 0.1) is 22.5 Å². The molecule has 2 rings (SSSR count). The molecule has 0 bridgehead atoms. The topological polar surface area (TPSA) is 86.8 Å². The molecular formula is C26H33ClF3N3O4S. The first-order valence-electron chi connectivity index (χ1n) is 12.0. The number of nitrogens with one attached hydrogen (secondary N) is 1. The molecule has 0 heterocycles. The summed E-state index contributed by atoms with van der Waals surface area (Å²) >= 11 is 6.11. The zero-order valence-corrected chi connectivity index (χ0v) is 23.5. The summed E-state index contributed by atoms with van der Waals surface area (Å²) in [6.07, 6.45) is -3.76. The average molecular weight is 576 g/mol. The Balaban J connectivity index is 2.53. The number of hydrogen-bond donors (Lipinski definition) is 1. The van der Waals surface area contributed by atoms with Gasteiger partial charge in [-0.05, 0) is 43.0 Å². The van der Waals surface area contributed by atoms with Gasteiger partial charge in [-0.15, -0.1) is 0 Å². The zero-order chi connectivity index (χ0) is 28.8. The van der Waals surface area contributed by atoms with Crippen molar-refractivity contribution in [1.82, 2.24) is 10.2 Å². The maximum absolute atomic E-state index is 13.7. The Hall–Kier alpha value is -2.79. The Morgan fingerprint density at radius 1 is 1.11 bits per heavy atom. The second-order valence-corrected chi connectivity index (χ2v) is 11.8. The molecule has 1 N–H and O–H groups in total. The molecule has 2 aromatic rings. The minimum atomic E-state index is -4.76. The number of hydrogen-bond acceptors (Lipinski definition) is 4. The van der Waals surface area contributed by atoms with Crippen molar-refractivity contribution in [2.24, 2.45) is 5.92 Å². The number of anilines is 1. The molecule has 0 unspecified atom stereocenters. The van der Waals surface area contributed by atoms with E-state index in [2.05, 4.69) is 5.32 Å². The molecule has 0 aliphatic rings. The second kappa shape index (κ2) is 12.8. The number of halogens is 4. The van der Waals surface area contributed by atoms with Crippen LogP contribution in [-0.4, -0.2) is 50.5 Å². The highest BCUT2D eigenvalue weighted by atomic mass is 35.5. The van der Waals surface area contributed by atoms with Crippen LogP contribution in [0, 0.1) is 12.8 Å². The molecule has 0 saturated carbocycles. The van der Waals surface area contributed by atoms with Crippen LogP contribution in [0.2, 0.25) is 5.02 Å². The lowest BCUT2D eigenvalue weighted by molar-refractivity contribution is -0.140. The van der Waals surface area contributed by atoms with E-state index in [1.54, 1.807) is 19.1 Å². The van der Waals surface area contributed by atoms with Gasteiger partial charge in [0.2, 0.25) is 21.8 Å². The van der Waals surface area contributed by atoms with Crippen molar-refractivity contribution >= 4 is 39.1 Å². The van der Waals surface area contributed by atoms with E-state index in [0.29, 0.717) is 22.5 Å². The van der Waals surface area contributed by atoms with Crippen LogP contribution in [0.25, 0.3) is 0 Å². The summed E-state index contributed by atoms with van der Waals surface area (Å²) in [7, 11) is -4.25. The van der Waals surface area contributed by atoms with E-state index < -0.39 is 51.9 Å². The van der Waals surface area contributed by atoms with Gasteiger partial charge >= 0.3 is 6.18 Å². The molecule has 0 aromatic heterocycles. The summed E-state index contributed by atoms with van der Waals surface area (Å²) in [6.45, 7) is 6.93. The van der Waals surface area contributed by atoms with Gasteiger partial charge in [0.1, 0.15) is 12.6 Å². The van der Waals surface area contributed by atoms with Crippen LogP contribution in [0.5, 0.6) is 0 Å². The number of alkyl halides is 3. The molecule has 12 heteroatoms. The van der Waals surface area contributed by atoms with Gasteiger partial charge in [-0.2, -0.15) is 13.2 Å². The Bertz CT molecular complexity index is 1250. The van der Waals surface area contributed by atoms with Gasteiger partial charge in [0.15, 0.2) is 0 Å². The van der Waals surface area contributed by atoms with Crippen molar-refractivity contribution < 1.29 is 31.2 Å². The number of aryl methyl sites for hydroxylation is 1. The number of nitrogens with zero attached hydrogens (tertiary/aromatic N) is 2. The average Bonchev–Trinajstić information content (AvgIpc) is 2.80. The van der Waals surface area contributed by atoms with Crippen LogP contribution in [0.3, 0.4) is 0 Å². The van der Waals surface area contributed by atoms with Crippen molar-refractivity contribution in [3.05, 3.63) is 64.2 Å². The monoisotopic (exact) mass is 575 g/mol. The predicted molar refractivity (Wildman–Crippen MR) is 142 cm³/mol. The number of rotatable bonds is 11. The SMILES string of the molecule is CC[C@H](C(=O)NCC(C)C)N(Cc1cccc(C)c1)C(=O)CN(c1cc(C(F)(F)F)ccc1Cl)S(C)(=O)=O. The Morgan fingerprint density at radius 3 is 2.29 bits per heavy atom. The summed E-state index contributed by atoms with van der Waals surface area (Å²) in [6, 6.07) is 8.56. The molecule has 38 heavy (non-hydrogen) atoms. The van der Waals surface area contributed by atoms with Gasteiger partial charge < -0.3 is 10.2 Å². The number of amides is 2. The van der Waals surface area contributed by atoms with Crippen molar-refractivity contribution in [3.8, 4) is 0 Å². The number of carbonyl (C=O) groups excluding carboxylic acids is 2. The number of carbonyl (C=O) groups is 2. The summed E-state index contributed by atoms with van der Waals surface area (Å²) in [4.78, 5) is 28.0. The van der Waals surface area contributed by atoms with E-state index in [1.165, 1.54) is 4.90 Å². The molecule has 1 atom stereocenters. The maximum Gasteiger partial charge on any atom is 0.416 e. The third kappa shape index (κ3) is 8.62. The molecule has 0 aliphatic carbocycles. The Kier molecular flexibility index (Phi) is 10.6. The molecule has 0 aliphatic heterocycles. The number of benzene rings is 2. The third-order valence-corrected chi connectivity index (χ3v) is 7.17. The van der Waals surface area contributed by atoms with E-state index >= 15 is 0 Å². The van der Waals surface area contributed by atoms with E-state index in [-0.39, 0.29) is 23.9 Å². The largest absolute Gasteiger partial charge is 0.416 e. The highest BCUT2D eigenvalue weighted by Crippen LogP contribution is 2.36. The lowest BCUT2D eigenvalue weighted by Gasteiger charge is -2.33. The third-order valence-electron chi connectivity index (χ3n) is 5.73. The maximum atomic E-state index is 13.7. The minimum absolute atomic E-state index is 0.0119. The van der Waals surface area contributed by atoms with Gasteiger partial charge in [0.25, 0.3) is 0 Å². The molecular weight excluding hydrogens is 543 g/mol. The molecule has 2 amide bonds. The standard InChI is InChI=1S/C26H33ClF3N3O4S/c1-6-22(25(35)31-14-17(2)3)32(15-19-9-7-8-18(4)12-19)24(34)16-33(38(5,36)37)23-13-20(26(28,29)30)10-11-21(23)27/h7-13,17,22H,6,14-16H2,1-5H3,(H,31,35)/t22-/m1/s1. The first-order valence-corrected chi connectivity index (χ1v) is 14.2. The van der Waals surface area contributed by atoms with Gasteiger partial charge in [-0.25, -0.2) is 8.42 Å².